The van der Waals surface area contributed by atoms with Gasteiger partial charge < -0.3 is 15.7 Å². The summed E-state index contributed by atoms with van der Waals surface area (Å²) in [6, 6.07) is 4.79. The molecule has 2 aliphatic carbocycles. The van der Waals surface area contributed by atoms with E-state index >= 15 is 0 Å². The Morgan fingerprint density at radius 2 is 1.76 bits per heavy atom. The molecule has 2 aromatic carbocycles. The summed E-state index contributed by atoms with van der Waals surface area (Å²) in [6.45, 7) is 6.09. The van der Waals surface area contributed by atoms with Gasteiger partial charge in [-0.3, -0.25) is 9.59 Å². The maximum Gasteiger partial charge on any atom is 0.255 e. The molecule has 0 aliphatic heterocycles. The summed E-state index contributed by atoms with van der Waals surface area (Å²) >= 11 is 6.28. The number of carbonyl (C=O) groups is 2. The quantitative estimate of drug-likeness (QED) is 0.272. The van der Waals surface area contributed by atoms with Crippen LogP contribution in [0.3, 0.4) is 0 Å². The van der Waals surface area contributed by atoms with E-state index < -0.39 is 55.9 Å². The van der Waals surface area contributed by atoms with Crippen molar-refractivity contribution in [1.82, 2.24) is 5.32 Å². The normalized spacial score (nSPS) is 25.5. The zero-order valence-corrected chi connectivity index (χ0v) is 24.4. The molecule has 0 heterocycles. The van der Waals surface area contributed by atoms with E-state index in [-0.39, 0.29) is 52.3 Å². The minimum Gasteiger partial charge on any atom is -0.389 e. The predicted octanol–water partition coefficient (Wildman–Crippen LogP) is 5.42. The summed E-state index contributed by atoms with van der Waals surface area (Å²) in [6.07, 6.45) is 2.52. The Bertz CT molecular complexity index is 1490. The highest BCUT2D eigenvalue weighted by molar-refractivity contribution is 7.92. The largest absolute Gasteiger partial charge is 0.389 e. The molecular weight excluding hydrogens is 581 g/mol. The highest BCUT2D eigenvalue weighted by atomic mass is 35.5. The summed E-state index contributed by atoms with van der Waals surface area (Å²) in [4.78, 5) is 25.1. The van der Waals surface area contributed by atoms with Crippen LogP contribution in [0.5, 0.6) is 0 Å². The molecule has 5 atom stereocenters. The zero-order chi connectivity index (χ0) is 30.3. The van der Waals surface area contributed by atoms with Crippen molar-refractivity contribution in [2.75, 3.05) is 11.9 Å². The molecule has 222 valence electrons. The number of aliphatic hydroxyl groups is 1. The molecule has 7 nitrogen and oxygen atoms in total. The smallest absolute Gasteiger partial charge is 0.255 e. The SMILES string of the molecule is CC(C)=CCNC(=O)C[C@@]1(O)C2CC(S(=O)(=O)c3cc(C(=O)Nc4cc(F)c(F)c(F)c4)ccc3Cl)CC1[C@@H](C)C2. The number of fused-ring (bicyclic) bond motifs is 2. The zero-order valence-electron chi connectivity index (χ0n) is 22.8. The van der Waals surface area contributed by atoms with Crippen LogP contribution in [0.25, 0.3) is 0 Å². The Labute approximate surface area is 242 Å². The molecule has 2 bridgehead atoms. The summed E-state index contributed by atoms with van der Waals surface area (Å²) in [5, 5.41) is 15.6. The molecule has 2 saturated carbocycles. The fraction of sp³-hybridized carbons (Fsp3) is 0.448. The number of nitrogens with one attached hydrogen (secondary N) is 2. The highest BCUT2D eigenvalue weighted by Gasteiger charge is 2.59. The second-order valence-corrected chi connectivity index (χ2v) is 13.9. The first-order valence-corrected chi connectivity index (χ1v) is 15.2. The topological polar surface area (TPSA) is 113 Å². The van der Waals surface area contributed by atoms with E-state index in [1.54, 1.807) is 0 Å². The maximum absolute atomic E-state index is 13.8. The number of anilines is 1. The van der Waals surface area contributed by atoms with Crippen molar-refractivity contribution >= 4 is 38.9 Å². The van der Waals surface area contributed by atoms with Gasteiger partial charge in [-0.2, -0.15) is 0 Å². The molecule has 2 fully saturated rings. The average Bonchev–Trinajstić information content (AvgIpc) is 3.00. The predicted molar refractivity (Wildman–Crippen MR) is 149 cm³/mol. The second kappa shape index (κ2) is 11.8. The fourth-order valence-electron chi connectivity index (χ4n) is 6.14. The number of benzene rings is 2. The molecule has 0 saturated heterocycles. The lowest BCUT2D eigenvalue weighted by Crippen LogP contribution is -2.51. The van der Waals surface area contributed by atoms with Crippen molar-refractivity contribution < 1.29 is 36.3 Å². The number of sulfone groups is 1. The van der Waals surface area contributed by atoms with Crippen LogP contribution in [-0.4, -0.2) is 42.7 Å². The van der Waals surface area contributed by atoms with E-state index in [1.165, 1.54) is 12.1 Å². The first-order chi connectivity index (χ1) is 19.1. The van der Waals surface area contributed by atoms with Gasteiger partial charge in [0.1, 0.15) is 0 Å². The molecular formula is C29H32ClF3N2O5S. The van der Waals surface area contributed by atoms with E-state index in [0.29, 0.717) is 25.1 Å². The van der Waals surface area contributed by atoms with Crippen molar-refractivity contribution in [1.29, 1.82) is 0 Å². The van der Waals surface area contributed by atoms with Crippen molar-refractivity contribution in [3.63, 3.8) is 0 Å². The monoisotopic (exact) mass is 612 g/mol. The minimum atomic E-state index is -4.09. The van der Waals surface area contributed by atoms with E-state index in [4.69, 9.17) is 11.6 Å². The Morgan fingerprint density at radius 3 is 2.37 bits per heavy atom. The van der Waals surface area contributed by atoms with E-state index in [0.717, 1.165) is 11.6 Å². The fourth-order valence-corrected chi connectivity index (χ4v) is 8.51. The molecule has 2 amide bonds. The van der Waals surface area contributed by atoms with Gasteiger partial charge >= 0.3 is 0 Å². The van der Waals surface area contributed by atoms with Crippen LogP contribution in [0, 0.1) is 35.2 Å². The minimum absolute atomic E-state index is 0.0140. The third-order valence-corrected chi connectivity index (χ3v) is 10.8. The van der Waals surface area contributed by atoms with Gasteiger partial charge in [0.25, 0.3) is 5.91 Å². The summed E-state index contributed by atoms with van der Waals surface area (Å²) in [5.74, 6) is -6.75. The van der Waals surface area contributed by atoms with Crippen LogP contribution in [0.1, 0.15) is 56.8 Å². The first-order valence-electron chi connectivity index (χ1n) is 13.2. The Hall–Kier alpha value is -2.89. The third kappa shape index (κ3) is 6.32. The molecule has 3 N–H and O–H groups in total. The van der Waals surface area contributed by atoms with Gasteiger partial charge in [0.2, 0.25) is 5.91 Å². The van der Waals surface area contributed by atoms with Crippen LogP contribution in [0.2, 0.25) is 5.02 Å². The van der Waals surface area contributed by atoms with Gasteiger partial charge in [0.05, 0.1) is 27.2 Å². The van der Waals surface area contributed by atoms with Gasteiger partial charge in [-0.05, 0) is 69.1 Å². The van der Waals surface area contributed by atoms with Gasteiger partial charge in [0.15, 0.2) is 27.3 Å². The van der Waals surface area contributed by atoms with Crippen LogP contribution in [0.15, 0.2) is 46.9 Å². The lowest BCUT2D eigenvalue weighted by atomic mass is 9.71. The van der Waals surface area contributed by atoms with Crippen LogP contribution >= 0.6 is 11.6 Å². The Morgan fingerprint density at radius 1 is 1.10 bits per heavy atom. The number of carbonyl (C=O) groups excluding carboxylic acids is 2. The van der Waals surface area contributed by atoms with E-state index in [9.17, 15) is 36.3 Å². The molecule has 0 aromatic heterocycles. The lowest BCUT2D eigenvalue weighted by molar-refractivity contribution is -0.133. The van der Waals surface area contributed by atoms with E-state index in [1.807, 2.05) is 26.8 Å². The number of hydrogen-bond donors (Lipinski definition) is 3. The Kier molecular flexibility index (Phi) is 8.92. The number of rotatable bonds is 8. The van der Waals surface area contributed by atoms with Gasteiger partial charge in [-0.1, -0.05) is 30.2 Å². The molecule has 0 radical (unpaired) electrons. The van der Waals surface area contributed by atoms with Crippen molar-refractivity contribution in [3.05, 3.63) is 70.0 Å². The van der Waals surface area contributed by atoms with Crippen LogP contribution in [-0.2, 0) is 14.6 Å². The number of hydrogen-bond acceptors (Lipinski definition) is 5. The second-order valence-electron chi connectivity index (χ2n) is 11.3. The van der Waals surface area contributed by atoms with E-state index in [2.05, 4.69) is 10.6 Å². The molecule has 2 aliphatic rings. The summed E-state index contributed by atoms with van der Waals surface area (Å²) < 4.78 is 68.0. The molecule has 41 heavy (non-hydrogen) atoms. The van der Waals surface area contributed by atoms with Crippen molar-refractivity contribution in [2.45, 2.75) is 62.2 Å². The molecule has 2 aromatic rings. The average molecular weight is 613 g/mol. The molecule has 3 unspecified atom stereocenters. The van der Waals surface area contributed by atoms with Crippen LogP contribution < -0.4 is 10.6 Å². The first kappa shape index (κ1) is 31.1. The van der Waals surface area contributed by atoms with Gasteiger partial charge in [0, 0.05) is 29.9 Å². The maximum atomic E-state index is 13.8. The number of halogens is 4. The van der Waals surface area contributed by atoms with Crippen molar-refractivity contribution in [3.8, 4) is 0 Å². The Balaban J connectivity index is 1.54. The summed E-state index contributed by atoms with van der Waals surface area (Å²) in [5.41, 5.74) is -0.796. The molecule has 12 heteroatoms. The number of amides is 2. The van der Waals surface area contributed by atoms with Crippen LogP contribution in [0.4, 0.5) is 18.9 Å². The van der Waals surface area contributed by atoms with Crippen molar-refractivity contribution in [2.24, 2.45) is 17.8 Å². The molecule has 4 rings (SSSR count). The number of allylic oxidation sites excluding steroid dienone is 1. The highest BCUT2D eigenvalue weighted by Crippen LogP contribution is 2.56. The third-order valence-electron chi connectivity index (χ3n) is 8.19. The van der Waals surface area contributed by atoms with Gasteiger partial charge in [-0.15, -0.1) is 0 Å². The van der Waals surface area contributed by atoms with Gasteiger partial charge in [-0.25, -0.2) is 21.6 Å². The summed E-state index contributed by atoms with van der Waals surface area (Å²) in [7, 11) is -4.09. The standard InChI is InChI=1S/C29H32ClF3N2O5S/c1-15(2)6-7-34-26(36)14-29(38)18-8-16(3)21(29)13-20(10-18)41(39,40)25-9-17(4-5-22(25)30)28(37)35-19-11-23(31)27(33)24(32)12-19/h4-6,9,11-12,16,18,20-21,38H,7-8,10,13-14H2,1-3H3,(H,34,36)(H,35,37)/t16-,18?,20?,21?,29+/m0/s1. The molecule has 0 spiro atoms. The lowest BCUT2D eigenvalue weighted by Gasteiger charge is -2.42.